The van der Waals surface area contributed by atoms with E-state index in [0.29, 0.717) is 25.7 Å². The maximum Gasteiger partial charge on any atom is 0.234 e. The lowest BCUT2D eigenvalue weighted by atomic mass is 9.90. The van der Waals surface area contributed by atoms with Gasteiger partial charge in [-0.1, -0.05) is 49.6 Å². The van der Waals surface area contributed by atoms with E-state index in [-0.39, 0.29) is 18.4 Å². The molecule has 0 radical (unpaired) electrons. The Hall–Kier alpha value is -2.83. The van der Waals surface area contributed by atoms with Crippen molar-refractivity contribution < 1.29 is 14.6 Å². The van der Waals surface area contributed by atoms with Gasteiger partial charge in [0.1, 0.15) is 5.75 Å². The summed E-state index contributed by atoms with van der Waals surface area (Å²) in [7, 11) is 1.66. The van der Waals surface area contributed by atoms with Gasteiger partial charge in [-0.2, -0.15) is 0 Å². The number of para-hydroxylation sites is 1. The lowest BCUT2D eigenvalue weighted by Gasteiger charge is -2.33. The van der Waals surface area contributed by atoms with Gasteiger partial charge in [-0.25, -0.2) is 0 Å². The van der Waals surface area contributed by atoms with Crippen LogP contribution in [0.1, 0.15) is 49.1 Å². The van der Waals surface area contributed by atoms with Gasteiger partial charge in [0, 0.05) is 42.1 Å². The second-order valence-electron chi connectivity index (χ2n) is 8.91. The Balaban J connectivity index is 1.50. The van der Waals surface area contributed by atoms with Gasteiger partial charge in [-0.15, -0.1) is 0 Å². The summed E-state index contributed by atoms with van der Waals surface area (Å²) < 4.78 is 5.33. The minimum atomic E-state index is 0.00683. The Morgan fingerprint density at radius 1 is 1.15 bits per heavy atom. The first-order valence-electron chi connectivity index (χ1n) is 12.0. The Morgan fingerprint density at radius 3 is 2.64 bits per heavy atom. The molecule has 1 aromatic heterocycles. The zero-order chi connectivity index (χ0) is 23.0. The molecule has 1 aliphatic rings. The lowest BCUT2D eigenvalue weighted by molar-refractivity contribution is -0.123. The second kappa shape index (κ2) is 11.3. The Morgan fingerprint density at radius 2 is 1.91 bits per heavy atom. The number of methoxy groups -OCH3 is 1. The molecule has 1 heterocycles. The van der Waals surface area contributed by atoms with Crippen molar-refractivity contribution in [3.05, 3.63) is 65.9 Å². The van der Waals surface area contributed by atoms with E-state index in [1.807, 2.05) is 30.5 Å². The van der Waals surface area contributed by atoms with Crippen LogP contribution in [0.15, 0.2) is 54.7 Å². The van der Waals surface area contributed by atoms with Crippen LogP contribution in [0.2, 0.25) is 0 Å². The van der Waals surface area contributed by atoms with Gasteiger partial charge in [0.25, 0.3) is 0 Å². The fourth-order valence-electron chi connectivity index (χ4n) is 5.05. The van der Waals surface area contributed by atoms with Crippen molar-refractivity contribution in [1.29, 1.82) is 0 Å². The molecule has 6 nitrogen and oxygen atoms in total. The highest BCUT2D eigenvalue weighted by Gasteiger charge is 2.24. The summed E-state index contributed by atoms with van der Waals surface area (Å²) in [4.78, 5) is 18.5. The number of H-pyrrole nitrogens is 1. The van der Waals surface area contributed by atoms with Crippen LogP contribution < -0.4 is 10.1 Å². The first kappa shape index (κ1) is 23.3. The minimum absolute atomic E-state index is 0.00683. The number of ether oxygens (including phenoxy) is 1. The molecule has 33 heavy (non-hydrogen) atoms. The van der Waals surface area contributed by atoms with Crippen molar-refractivity contribution in [3.8, 4) is 5.75 Å². The summed E-state index contributed by atoms with van der Waals surface area (Å²) in [5, 5.41) is 13.9. The third kappa shape index (κ3) is 5.75. The van der Waals surface area contributed by atoms with Gasteiger partial charge < -0.3 is 20.1 Å². The highest BCUT2D eigenvalue weighted by Crippen LogP contribution is 2.31. The highest BCUT2D eigenvalue weighted by molar-refractivity contribution is 5.84. The topological polar surface area (TPSA) is 77.6 Å². The zero-order valence-electron chi connectivity index (χ0n) is 19.4. The molecule has 3 N–H and O–H groups in total. The number of carbonyl (C=O) groups excluding carboxylic acids is 1. The number of amides is 1. The summed E-state index contributed by atoms with van der Waals surface area (Å²) >= 11 is 0. The molecule has 1 amide bonds. The Kier molecular flexibility index (Phi) is 8.02. The maximum atomic E-state index is 13.0. The van der Waals surface area contributed by atoms with Gasteiger partial charge >= 0.3 is 0 Å². The molecule has 6 heteroatoms. The van der Waals surface area contributed by atoms with Crippen LogP contribution >= 0.6 is 0 Å². The molecule has 0 aliphatic heterocycles. The number of nitrogens with zero attached hydrogens (tertiary/aromatic N) is 1. The van der Waals surface area contributed by atoms with Gasteiger partial charge in [0.15, 0.2) is 0 Å². The van der Waals surface area contributed by atoms with Crippen molar-refractivity contribution in [2.45, 2.75) is 44.1 Å². The van der Waals surface area contributed by atoms with Gasteiger partial charge in [0.05, 0.1) is 20.3 Å². The first-order valence-corrected chi connectivity index (χ1v) is 12.0. The van der Waals surface area contributed by atoms with E-state index >= 15 is 0 Å². The van der Waals surface area contributed by atoms with E-state index in [1.54, 1.807) is 7.11 Å². The standard InChI is InChI=1S/C27H35N3O3/c1-33-22-13-11-20(12-14-22)24(25-18-28-26-10-6-5-9-23(25)26)17-29-27(32)19-30(15-16-31)21-7-3-2-4-8-21/h5-6,9-14,18,21,24,28,31H,2-4,7-8,15-17,19H2,1H3,(H,29,32). The van der Waals surface area contributed by atoms with Crippen LogP contribution in [0.4, 0.5) is 0 Å². The fourth-order valence-corrected chi connectivity index (χ4v) is 5.05. The molecule has 2 aromatic carbocycles. The third-order valence-corrected chi connectivity index (χ3v) is 6.84. The predicted molar refractivity (Wildman–Crippen MR) is 132 cm³/mol. The molecule has 0 spiro atoms. The molecule has 176 valence electrons. The number of benzene rings is 2. The number of aromatic amines is 1. The van der Waals surface area contributed by atoms with Crippen LogP contribution in [-0.2, 0) is 4.79 Å². The Labute approximate surface area is 195 Å². The van der Waals surface area contributed by atoms with Gasteiger partial charge in [-0.05, 0) is 42.2 Å². The summed E-state index contributed by atoms with van der Waals surface area (Å²) in [5.41, 5.74) is 3.37. The minimum Gasteiger partial charge on any atom is -0.497 e. The molecule has 4 rings (SSSR count). The molecule has 1 saturated carbocycles. The lowest BCUT2D eigenvalue weighted by Crippen LogP contribution is -2.45. The number of rotatable bonds is 10. The van der Waals surface area contributed by atoms with Crippen molar-refractivity contribution in [3.63, 3.8) is 0 Å². The fraction of sp³-hybridized carbons (Fsp3) is 0.444. The second-order valence-corrected chi connectivity index (χ2v) is 8.91. The normalized spacial score (nSPS) is 15.6. The molecular weight excluding hydrogens is 414 g/mol. The van der Waals surface area contributed by atoms with Crippen LogP contribution in [0.25, 0.3) is 10.9 Å². The summed E-state index contributed by atoms with van der Waals surface area (Å²) in [6.45, 7) is 1.45. The molecule has 3 aromatic rings. The van der Waals surface area contributed by atoms with E-state index in [2.05, 4.69) is 39.5 Å². The molecule has 1 fully saturated rings. The number of aliphatic hydroxyl groups excluding tert-OH is 1. The van der Waals surface area contributed by atoms with Crippen molar-refractivity contribution in [2.75, 3.05) is 33.4 Å². The smallest absolute Gasteiger partial charge is 0.234 e. The summed E-state index contributed by atoms with van der Waals surface area (Å²) in [6, 6.07) is 16.7. The van der Waals surface area contributed by atoms with E-state index in [0.717, 1.165) is 40.6 Å². The summed E-state index contributed by atoms with van der Waals surface area (Å²) in [6.07, 6.45) is 7.94. The van der Waals surface area contributed by atoms with Crippen molar-refractivity contribution in [2.24, 2.45) is 0 Å². The largest absolute Gasteiger partial charge is 0.497 e. The number of hydrogen-bond donors (Lipinski definition) is 3. The molecule has 0 saturated heterocycles. The zero-order valence-corrected chi connectivity index (χ0v) is 19.4. The highest BCUT2D eigenvalue weighted by atomic mass is 16.5. The van der Waals surface area contributed by atoms with Crippen molar-refractivity contribution in [1.82, 2.24) is 15.2 Å². The van der Waals surface area contributed by atoms with Gasteiger partial charge in [0.2, 0.25) is 5.91 Å². The average Bonchev–Trinajstić information content (AvgIpc) is 3.29. The summed E-state index contributed by atoms with van der Waals surface area (Å²) in [5.74, 6) is 0.831. The number of hydrogen-bond acceptors (Lipinski definition) is 4. The van der Waals surface area contributed by atoms with Crippen molar-refractivity contribution >= 4 is 16.8 Å². The molecule has 0 bridgehead atoms. The first-order chi connectivity index (χ1) is 16.2. The SMILES string of the molecule is COc1ccc(C(CNC(=O)CN(CCO)C2CCCCC2)c2c[nH]c3ccccc23)cc1. The van der Waals surface area contributed by atoms with Crippen LogP contribution in [-0.4, -0.2) is 60.3 Å². The van der Waals surface area contributed by atoms with E-state index < -0.39 is 0 Å². The van der Waals surface area contributed by atoms with E-state index in [4.69, 9.17) is 4.74 Å². The number of nitrogens with one attached hydrogen (secondary N) is 2. The number of carbonyl (C=O) groups is 1. The van der Waals surface area contributed by atoms with Crippen LogP contribution in [0, 0.1) is 0 Å². The predicted octanol–water partition coefficient (Wildman–Crippen LogP) is 4.05. The number of aromatic nitrogens is 1. The maximum absolute atomic E-state index is 13.0. The Bertz CT molecular complexity index is 1020. The molecule has 1 aliphatic carbocycles. The van der Waals surface area contributed by atoms with E-state index in [9.17, 15) is 9.90 Å². The molecule has 1 unspecified atom stereocenters. The number of aliphatic hydroxyl groups is 1. The quantitative estimate of drug-likeness (QED) is 0.436. The monoisotopic (exact) mass is 449 g/mol. The van der Waals surface area contributed by atoms with Crippen LogP contribution in [0.3, 0.4) is 0 Å². The van der Waals surface area contributed by atoms with Gasteiger partial charge in [-0.3, -0.25) is 9.69 Å². The molecular formula is C27H35N3O3. The average molecular weight is 450 g/mol. The molecule has 1 atom stereocenters. The van der Waals surface area contributed by atoms with Crippen LogP contribution in [0.5, 0.6) is 5.75 Å². The number of fused-ring (bicyclic) bond motifs is 1. The van der Waals surface area contributed by atoms with E-state index in [1.165, 1.54) is 19.3 Å². The third-order valence-electron chi connectivity index (χ3n) is 6.84.